The second kappa shape index (κ2) is 6.22. The molecule has 0 heterocycles. The third-order valence-corrected chi connectivity index (χ3v) is 4.93. The van der Waals surface area contributed by atoms with Crippen LogP contribution in [-0.2, 0) is 0 Å². The zero-order chi connectivity index (χ0) is 17.4. The Kier molecular flexibility index (Phi) is 3.89. The van der Waals surface area contributed by atoms with Crippen LogP contribution in [0.1, 0.15) is 16.7 Å². The first-order chi connectivity index (χ1) is 12.1. The highest BCUT2D eigenvalue weighted by molar-refractivity contribution is 6.05. The topological polar surface area (TPSA) is 0 Å². The van der Waals surface area contributed by atoms with Gasteiger partial charge in [-0.25, -0.2) is 0 Å². The molecule has 0 aliphatic heterocycles. The van der Waals surface area contributed by atoms with Crippen molar-refractivity contribution in [1.82, 2.24) is 0 Å². The molecule has 122 valence electrons. The Morgan fingerprint density at radius 1 is 0.520 bits per heavy atom. The minimum Gasteiger partial charge on any atom is -0.0616 e. The van der Waals surface area contributed by atoms with Crippen LogP contribution in [0.3, 0.4) is 0 Å². The van der Waals surface area contributed by atoms with Crippen molar-refractivity contribution in [2.75, 3.05) is 0 Å². The quantitative estimate of drug-likeness (QED) is 0.369. The molecule has 0 atom stereocenters. The fourth-order valence-corrected chi connectivity index (χ4v) is 3.60. The van der Waals surface area contributed by atoms with Gasteiger partial charge in [0.2, 0.25) is 0 Å². The molecule has 0 aliphatic carbocycles. The number of aryl methyl sites for hydroxylation is 3. The third kappa shape index (κ3) is 2.85. The van der Waals surface area contributed by atoms with E-state index < -0.39 is 0 Å². The normalized spacial score (nSPS) is 11.0. The van der Waals surface area contributed by atoms with Crippen LogP contribution >= 0.6 is 0 Å². The van der Waals surface area contributed by atoms with Gasteiger partial charge in [0.25, 0.3) is 0 Å². The fourth-order valence-electron chi connectivity index (χ4n) is 3.60. The summed E-state index contributed by atoms with van der Waals surface area (Å²) in [6, 6.07) is 28.8. The average molecular weight is 322 g/mol. The van der Waals surface area contributed by atoms with E-state index >= 15 is 0 Å². The lowest BCUT2D eigenvalue weighted by atomic mass is 9.86. The van der Waals surface area contributed by atoms with Crippen LogP contribution in [0, 0.1) is 20.8 Å². The molecule has 0 heteroatoms. The van der Waals surface area contributed by atoms with Gasteiger partial charge in [-0.05, 0) is 59.4 Å². The first kappa shape index (κ1) is 15.7. The molecule has 0 bridgehead atoms. The van der Waals surface area contributed by atoms with Crippen molar-refractivity contribution in [1.29, 1.82) is 0 Å². The molecule has 0 N–H and O–H groups in total. The zero-order valence-corrected chi connectivity index (χ0v) is 15.0. The summed E-state index contributed by atoms with van der Waals surface area (Å²) in [6.07, 6.45) is 0. The van der Waals surface area contributed by atoms with Crippen molar-refractivity contribution in [2.24, 2.45) is 0 Å². The molecule has 0 radical (unpaired) electrons. The minimum absolute atomic E-state index is 1.28. The summed E-state index contributed by atoms with van der Waals surface area (Å²) in [6.45, 7) is 6.50. The number of hydrogen-bond donors (Lipinski definition) is 0. The Labute approximate surface area is 149 Å². The number of rotatable bonds is 2. The third-order valence-electron chi connectivity index (χ3n) is 4.93. The van der Waals surface area contributed by atoms with E-state index in [9.17, 15) is 0 Å². The second-order valence-electron chi connectivity index (χ2n) is 6.90. The fraction of sp³-hybridized carbons (Fsp3) is 0.120. The second-order valence-corrected chi connectivity index (χ2v) is 6.90. The molecule has 0 amide bonds. The molecule has 4 rings (SSSR count). The first-order valence-electron chi connectivity index (χ1n) is 8.80. The molecular weight excluding hydrogens is 300 g/mol. The maximum Gasteiger partial charge on any atom is -0.00241 e. The van der Waals surface area contributed by atoms with Gasteiger partial charge in [0, 0.05) is 0 Å². The zero-order valence-electron chi connectivity index (χ0n) is 15.0. The predicted molar refractivity (Wildman–Crippen MR) is 109 cm³/mol. The lowest BCUT2D eigenvalue weighted by Crippen LogP contribution is -1.92. The highest BCUT2D eigenvalue weighted by Crippen LogP contribution is 2.40. The van der Waals surface area contributed by atoms with Gasteiger partial charge in [-0.3, -0.25) is 0 Å². The Morgan fingerprint density at radius 2 is 1.04 bits per heavy atom. The summed E-state index contributed by atoms with van der Waals surface area (Å²) >= 11 is 0. The Balaban J connectivity index is 2.10. The van der Waals surface area contributed by atoms with Crippen molar-refractivity contribution < 1.29 is 0 Å². The molecule has 0 unspecified atom stereocenters. The van der Waals surface area contributed by atoms with Gasteiger partial charge in [-0.1, -0.05) is 90.0 Å². The molecule has 0 aliphatic rings. The van der Waals surface area contributed by atoms with Crippen molar-refractivity contribution >= 4 is 10.8 Å². The number of fused-ring (bicyclic) bond motifs is 1. The first-order valence-corrected chi connectivity index (χ1v) is 8.80. The summed E-state index contributed by atoms with van der Waals surface area (Å²) in [5.41, 5.74) is 9.13. The van der Waals surface area contributed by atoms with E-state index in [4.69, 9.17) is 0 Å². The van der Waals surface area contributed by atoms with Crippen molar-refractivity contribution in [3.8, 4) is 22.3 Å². The van der Waals surface area contributed by atoms with Gasteiger partial charge in [-0.2, -0.15) is 0 Å². The highest BCUT2D eigenvalue weighted by Gasteiger charge is 2.14. The van der Waals surface area contributed by atoms with Crippen LogP contribution in [0.25, 0.3) is 33.0 Å². The summed E-state index contributed by atoms with van der Waals surface area (Å²) in [5, 5.41) is 2.61. The van der Waals surface area contributed by atoms with Crippen LogP contribution in [0.5, 0.6) is 0 Å². The van der Waals surface area contributed by atoms with Gasteiger partial charge < -0.3 is 0 Å². The highest BCUT2D eigenvalue weighted by atomic mass is 14.2. The Morgan fingerprint density at radius 3 is 1.64 bits per heavy atom. The van der Waals surface area contributed by atoms with E-state index in [0.29, 0.717) is 0 Å². The van der Waals surface area contributed by atoms with E-state index in [2.05, 4.69) is 99.6 Å². The standard InChI is InChI=1S/C25H22/c1-17-8-12-20(13-9-17)24-19(3)16-22-6-4-5-7-23(22)25(24)21-14-10-18(2)11-15-21/h4-16H,1-3H3. The molecular formula is C25H22. The van der Waals surface area contributed by atoms with E-state index in [-0.39, 0.29) is 0 Å². The smallest absolute Gasteiger partial charge is 0.00241 e. The SMILES string of the molecule is Cc1ccc(-c2c(C)cc3ccccc3c2-c2ccc(C)cc2)cc1. The van der Waals surface area contributed by atoms with Crippen LogP contribution in [0.4, 0.5) is 0 Å². The molecule has 0 aromatic heterocycles. The van der Waals surface area contributed by atoms with Crippen LogP contribution in [0.2, 0.25) is 0 Å². The van der Waals surface area contributed by atoms with Gasteiger partial charge in [0.05, 0.1) is 0 Å². The molecule has 0 spiro atoms. The van der Waals surface area contributed by atoms with Gasteiger partial charge in [0.15, 0.2) is 0 Å². The molecule has 0 saturated heterocycles. The predicted octanol–water partition coefficient (Wildman–Crippen LogP) is 7.10. The Bertz CT molecular complexity index is 1040. The molecule has 0 saturated carbocycles. The number of benzene rings is 4. The lowest BCUT2D eigenvalue weighted by molar-refractivity contribution is 1.43. The molecule has 0 fully saturated rings. The average Bonchev–Trinajstić information content (AvgIpc) is 2.62. The van der Waals surface area contributed by atoms with Gasteiger partial charge in [-0.15, -0.1) is 0 Å². The monoisotopic (exact) mass is 322 g/mol. The molecule has 4 aromatic rings. The van der Waals surface area contributed by atoms with E-state index in [1.165, 1.54) is 49.7 Å². The van der Waals surface area contributed by atoms with Crippen LogP contribution in [-0.4, -0.2) is 0 Å². The van der Waals surface area contributed by atoms with Gasteiger partial charge >= 0.3 is 0 Å². The summed E-state index contributed by atoms with van der Waals surface area (Å²) < 4.78 is 0. The molecule has 4 aromatic carbocycles. The molecule has 25 heavy (non-hydrogen) atoms. The van der Waals surface area contributed by atoms with Crippen LogP contribution < -0.4 is 0 Å². The molecule has 0 nitrogen and oxygen atoms in total. The van der Waals surface area contributed by atoms with Crippen molar-refractivity contribution in [3.05, 3.63) is 95.6 Å². The van der Waals surface area contributed by atoms with E-state index in [0.717, 1.165) is 0 Å². The maximum absolute atomic E-state index is 2.31. The van der Waals surface area contributed by atoms with E-state index in [1.807, 2.05) is 0 Å². The van der Waals surface area contributed by atoms with Crippen molar-refractivity contribution in [3.63, 3.8) is 0 Å². The largest absolute Gasteiger partial charge is 0.0616 e. The van der Waals surface area contributed by atoms with Crippen molar-refractivity contribution in [2.45, 2.75) is 20.8 Å². The summed E-state index contributed by atoms with van der Waals surface area (Å²) in [4.78, 5) is 0. The lowest BCUT2D eigenvalue weighted by Gasteiger charge is -2.17. The summed E-state index contributed by atoms with van der Waals surface area (Å²) in [7, 11) is 0. The maximum atomic E-state index is 2.31. The Hall–Kier alpha value is -2.86. The number of hydrogen-bond acceptors (Lipinski definition) is 0. The van der Waals surface area contributed by atoms with Gasteiger partial charge in [0.1, 0.15) is 0 Å². The summed E-state index contributed by atoms with van der Waals surface area (Å²) in [5.74, 6) is 0. The van der Waals surface area contributed by atoms with E-state index in [1.54, 1.807) is 0 Å². The minimum atomic E-state index is 1.28. The van der Waals surface area contributed by atoms with Crippen LogP contribution in [0.15, 0.2) is 78.9 Å².